The van der Waals surface area contributed by atoms with Crippen LogP contribution in [0, 0.1) is 5.92 Å². The van der Waals surface area contributed by atoms with Gasteiger partial charge in [-0.2, -0.15) is 0 Å². The Morgan fingerprint density at radius 3 is 2.71 bits per heavy atom. The van der Waals surface area contributed by atoms with Crippen LogP contribution in [0.1, 0.15) is 44.2 Å². The molecule has 2 aromatic carbocycles. The number of hydrogen-bond acceptors (Lipinski definition) is 4. The van der Waals surface area contributed by atoms with Crippen LogP contribution in [0.25, 0.3) is 11.1 Å². The first-order valence-electron chi connectivity index (χ1n) is 12.2. The number of allylic oxidation sites excluding steroid dienone is 4. The summed E-state index contributed by atoms with van der Waals surface area (Å²) in [6.45, 7) is 3.22. The monoisotopic (exact) mass is 475 g/mol. The lowest BCUT2D eigenvalue weighted by Gasteiger charge is -2.37. The fourth-order valence-electron chi connectivity index (χ4n) is 5.04. The molecule has 1 aromatic heterocycles. The van der Waals surface area contributed by atoms with Gasteiger partial charge in [0.1, 0.15) is 11.7 Å². The number of aromatic amines is 1. The summed E-state index contributed by atoms with van der Waals surface area (Å²) < 4.78 is 19.2. The zero-order chi connectivity index (χ0) is 24.4. The predicted molar refractivity (Wildman–Crippen MR) is 135 cm³/mol. The van der Waals surface area contributed by atoms with Crippen molar-refractivity contribution in [2.75, 3.05) is 18.4 Å². The van der Waals surface area contributed by atoms with Crippen molar-refractivity contribution in [2.45, 2.75) is 44.3 Å². The summed E-state index contributed by atoms with van der Waals surface area (Å²) in [5.74, 6) is -0.122. The smallest absolute Gasteiger partial charge is 0.408 e. The van der Waals surface area contributed by atoms with Gasteiger partial charge in [-0.15, -0.1) is 0 Å². The molecule has 1 fully saturated rings. The second-order valence-electron chi connectivity index (χ2n) is 9.81. The minimum Gasteiger partial charge on any atom is -0.408 e. The van der Waals surface area contributed by atoms with Crippen LogP contribution in [0.15, 0.2) is 81.5 Å². The van der Waals surface area contributed by atoms with Gasteiger partial charge in [-0.05, 0) is 69.0 Å². The molecule has 1 amide bonds. The number of oxazole rings is 1. The number of likely N-dealkylation sites (tertiary alicyclic amines) is 1. The summed E-state index contributed by atoms with van der Waals surface area (Å²) in [5, 5.41) is 3.01. The Bertz CT molecular complexity index is 1310. The maximum Gasteiger partial charge on any atom is 0.417 e. The number of fused-ring (bicyclic) bond motifs is 1. The van der Waals surface area contributed by atoms with E-state index in [2.05, 4.69) is 15.2 Å². The van der Waals surface area contributed by atoms with Gasteiger partial charge < -0.3 is 9.73 Å². The molecule has 7 heteroatoms. The highest BCUT2D eigenvalue weighted by Crippen LogP contribution is 2.33. The zero-order valence-electron chi connectivity index (χ0n) is 19.8. The van der Waals surface area contributed by atoms with Crippen LogP contribution in [0.3, 0.4) is 0 Å². The van der Waals surface area contributed by atoms with Gasteiger partial charge in [0.2, 0.25) is 5.91 Å². The lowest BCUT2D eigenvalue weighted by Crippen LogP contribution is -2.42. The average Bonchev–Trinajstić information content (AvgIpc) is 3.22. The third-order valence-corrected chi connectivity index (χ3v) is 7.00. The first-order valence-corrected chi connectivity index (χ1v) is 12.2. The Hall–Kier alpha value is -3.45. The highest BCUT2D eigenvalue weighted by atomic mass is 19.1. The number of aromatic nitrogens is 1. The van der Waals surface area contributed by atoms with Crippen LogP contribution in [0.2, 0.25) is 0 Å². The molecule has 2 heterocycles. The van der Waals surface area contributed by atoms with Crippen LogP contribution in [-0.4, -0.2) is 34.5 Å². The third kappa shape index (κ3) is 5.46. The number of benzene rings is 2. The van der Waals surface area contributed by atoms with Gasteiger partial charge in [0, 0.05) is 18.2 Å². The van der Waals surface area contributed by atoms with E-state index in [1.54, 1.807) is 31.2 Å². The van der Waals surface area contributed by atoms with Crippen molar-refractivity contribution in [1.29, 1.82) is 0 Å². The molecule has 1 aliphatic heterocycles. The van der Waals surface area contributed by atoms with Crippen LogP contribution in [0.4, 0.5) is 10.1 Å². The lowest BCUT2D eigenvalue weighted by atomic mass is 9.85. The van der Waals surface area contributed by atoms with Gasteiger partial charge in [-0.1, -0.05) is 48.1 Å². The molecule has 2 atom stereocenters. The molecule has 3 aromatic rings. The summed E-state index contributed by atoms with van der Waals surface area (Å²) in [6.07, 6.45) is 8.97. The van der Waals surface area contributed by atoms with E-state index in [0.29, 0.717) is 29.1 Å². The Labute approximate surface area is 203 Å². The number of amides is 1. The SMILES string of the molecule is CC1(F)C=CC(CC2CCN(C(C(=O)Nc3ccc4[nH]c(=O)oc4c3)c3ccccc3)CC2)=CC1. The average molecular weight is 476 g/mol. The summed E-state index contributed by atoms with van der Waals surface area (Å²) in [5.41, 5.74) is 2.50. The molecule has 0 bridgehead atoms. The molecule has 1 saturated heterocycles. The van der Waals surface area contributed by atoms with Gasteiger partial charge in [-0.25, -0.2) is 9.18 Å². The minimum absolute atomic E-state index is 0.118. The lowest BCUT2D eigenvalue weighted by molar-refractivity contribution is -0.122. The summed E-state index contributed by atoms with van der Waals surface area (Å²) in [4.78, 5) is 29.8. The van der Waals surface area contributed by atoms with E-state index < -0.39 is 17.5 Å². The van der Waals surface area contributed by atoms with Gasteiger partial charge >= 0.3 is 5.76 Å². The van der Waals surface area contributed by atoms with Crippen molar-refractivity contribution in [2.24, 2.45) is 5.92 Å². The van der Waals surface area contributed by atoms with E-state index in [1.165, 1.54) is 5.57 Å². The second kappa shape index (κ2) is 9.66. The minimum atomic E-state index is -1.24. The molecule has 2 unspecified atom stereocenters. The molecule has 182 valence electrons. The summed E-state index contributed by atoms with van der Waals surface area (Å²) in [6, 6.07) is 14.5. The number of carbonyl (C=O) groups excluding carboxylic acids is 1. The Morgan fingerprint density at radius 2 is 2.00 bits per heavy atom. The van der Waals surface area contributed by atoms with E-state index in [1.807, 2.05) is 42.5 Å². The number of nitrogens with one attached hydrogen (secondary N) is 2. The fourth-order valence-corrected chi connectivity index (χ4v) is 5.04. The van der Waals surface area contributed by atoms with Gasteiger partial charge in [0.05, 0.1) is 5.52 Å². The molecular weight excluding hydrogens is 445 g/mol. The number of piperidine rings is 1. The van der Waals surface area contributed by atoms with Gasteiger partial charge in [0.15, 0.2) is 5.58 Å². The Morgan fingerprint density at radius 1 is 1.23 bits per heavy atom. The zero-order valence-corrected chi connectivity index (χ0v) is 19.8. The highest BCUT2D eigenvalue weighted by Gasteiger charge is 2.32. The molecule has 6 nitrogen and oxygen atoms in total. The topological polar surface area (TPSA) is 78.3 Å². The number of carbonyl (C=O) groups is 1. The second-order valence-corrected chi connectivity index (χ2v) is 9.81. The van der Waals surface area contributed by atoms with E-state index in [-0.39, 0.29) is 5.91 Å². The molecule has 2 N–H and O–H groups in total. The molecule has 5 rings (SSSR count). The standard InChI is InChI=1S/C28H30FN3O3/c1-28(29)13-9-19(10-14-28)17-20-11-15-32(16-12-20)25(21-5-3-2-4-6-21)26(33)30-22-7-8-23-24(18-22)35-27(34)31-23/h2-10,13,18,20,25H,11-12,14-17H2,1H3,(H,30,33)(H,31,34). The van der Waals surface area contributed by atoms with Crippen molar-refractivity contribution in [3.05, 3.63) is 88.4 Å². The number of alkyl halides is 1. The quantitative estimate of drug-likeness (QED) is 0.492. The molecule has 0 saturated carbocycles. The van der Waals surface area contributed by atoms with E-state index in [0.717, 1.165) is 37.9 Å². The molecule has 0 radical (unpaired) electrons. The Kier molecular flexibility index (Phi) is 6.43. The molecule has 1 aliphatic carbocycles. The molecule has 0 spiro atoms. The maximum absolute atomic E-state index is 14.0. The van der Waals surface area contributed by atoms with Crippen LogP contribution in [-0.2, 0) is 4.79 Å². The first-order chi connectivity index (χ1) is 16.9. The fraction of sp³-hybridized carbons (Fsp3) is 0.357. The highest BCUT2D eigenvalue weighted by molar-refractivity contribution is 5.96. The van der Waals surface area contributed by atoms with Crippen molar-refractivity contribution in [3.63, 3.8) is 0 Å². The van der Waals surface area contributed by atoms with E-state index in [4.69, 9.17) is 4.42 Å². The van der Waals surface area contributed by atoms with Gasteiger partial charge in [-0.3, -0.25) is 14.7 Å². The maximum atomic E-state index is 14.0. The molecule has 35 heavy (non-hydrogen) atoms. The number of hydrogen-bond donors (Lipinski definition) is 2. The van der Waals surface area contributed by atoms with Crippen molar-refractivity contribution in [3.8, 4) is 0 Å². The van der Waals surface area contributed by atoms with Gasteiger partial charge in [0.25, 0.3) is 0 Å². The van der Waals surface area contributed by atoms with Crippen LogP contribution >= 0.6 is 0 Å². The number of anilines is 1. The molecule has 2 aliphatic rings. The Balaban J connectivity index is 1.28. The van der Waals surface area contributed by atoms with Crippen LogP contribution in [0.5, 0.6) is 0 Å². The number of rotatable bonds is 6. The summed E-state index contributed by atoms with van der Waals surface area (Å²) >= 11 is 0. The largest absolute Gasteiger partial charge is 0.417 e. The summed E-state index contributed by atoms with van der Waals surface area (Å²) in [7, 11) is 0. The van der Waals surface area contributed by atoms with E-state index in [9.17, 15) is 14.0 Å². The van der Waals surface area contributed by atoms with Crippen molar-refractivity contribution < 1.29 is 13.6 Å². The third-order valence-electron chi connectivity index (χ3n) is 7.00. The number of H-pyrrole nitrogens is 1. The van der Waals surface area contributed by atoms with Crippen LogP contribution < -0.4 is 11.1 Å². The number of nitrogens with zero attached hydrogens (tertiary/aromatic N) is 1. The molecular formula is C28H30FN3O3. The van der Waals surface area contributed by atoms with Crippen molar-refractivity contribution >= 4 is 22.7 Å². The number of halogens is 1. The normalized spacial score (nSPS) is 22.2. The van der Waals surface area contributed by atoms with Crippen molar-refractivity contribution in [1.82, 2.24) is 9.88 Å². The first kappa shape index (κ1) is 23.3. The van der Waals surface area contributed by atoms with E-state index >= 15 is 0 Å². The predicted octanol–water partition coefficient (Wildman–Crippen LogP) is 5.52.